The highest BCUT2D eigenvalue weighted by Gasteiger charge is 2.25. The number of hydrogen-bond acceptors (Lipinski definition) is 5. The first-order valence-electron chi connectivity index (χ1n) is 6.98. The van der Waals surface area contributed by atoms with E-state index in [1.165, 1.54) is 0 Å². The van der Waals surface area contributed by atoms with Gasteiger partial charge in [-0.2, -0.15) is 0 Å². The summed E-state index contributed by atoms with van der Waals surface area (Å²) in [6, 6.07) is 7.59. The van der Waals surface area contributed by atoms with E-state index in [1.54, 1.807) is 18.6 Å². The number of rotatable bonds is 4. The molecule has 1 aliphatic rings. The van der Waals surface area contributed by atoms with Crippen molar-refractivity contribution < 1.29 is 9.47 Å². The molecule has 0 aromatic carbocycles. The first kappa shape index (κ1) is 13.5. The van der Waals surface area contributed by atoms with E-state index in [2.05, 4.69) is 28.8 Å². The standard InChI is InChI=1S/C16H17N3O2/c1-11(2)14-10-20-16(19-14)13-6-4-8-18-15(13)21-12-5-3-7-17-9-12/h3-9,11,14H,10H2,1-2H3. The van der Waals surface area contributed by atoms with Crippen LogP contribution in [-0.4, -0.2) is 28.5 Å². The second-order valence-corrected chi connectivity index (χ2v) is 5.20. The molecule has 0 radical (unpaired) electrons. The minimum Gasteiger partial charge on any atom is -0.475 e. The maximum Gasteiger partial charge on any atom is 0.232 e. The van der Waals surface area contributed by atoms with E-state index in [9.17, 15) is 0 Å². The molecule has 0 amide bonds. The molecule has 0 spiro atoms. The van der Waals surface area contributed by atoms with Crippen molar-refractivity contribution in [3.8, 4) is 11.6 Å². The second-order valence-electron chi connectivity index (χ2n) is 5.20. The maximum absolute atomic E-state index is 5.78. The molecule has 0 saturated heterocycles. The van der Waals surface area contributed by atoms with Crippen molar-refractivity contribution in [3.63, 3.8) is 0 Å². The summed E-state index contributed by atoms with van der Waals surface area (Å²) in [4.78, 5) is 12.9. The molecule has 108 valence electrons. The lowest BCUT2D eigenvalue weighted by molar-refractivity contribution is 0.291. The summed E-state index contributed by atoms with van der Waals surface area (Å²) in [5.74, 6) is 2.16. The third-order valence-electron chi connectivity index (χ3n) is 3.29. The highest BCUT2D eigenvalue weighted by Crippen LogP contribution is 2.26. The fourth-order valence-corrected chi connectivity index (χ4v) is 2.03. The van der Waals surface area contributed by atoms with Crippen LogP contribution in [0.1, 0.15) is 19.4 Å². The van der Waals surface area contributed by atoms with E-state index in [0.29, 0.717) is 30.1 Å². The molecule has 0 bridgehead atoms. The third-order valence-corrected chi connectivity index (χ3v) is 3.29. The summed E-state index contributed by atoms with van der Waals surface area (Å²) >= 11 is 0. The molecule has 1 atom stereocenters. The van der Waals surface area contributed by atoms with E-state index in [4.69, 9.17) is 9.47 Å². The van der Waals surface area contributed by atoms with Gasteiger partial charge < -0.3 is 9.47 Å². The molecule has 21 heavy (non-hydrogen) atoms. The summed E-state index contributed by atoms with van der Waals surface area (Å²) in [7, 11) is 0. The summed E-state index contributed by atoms with van der Waals surface area (Å²) < 4.78 is 11.5. The minimum atomic E-state index is 0.187. The van der Waals surface area contributed by atoms with Crippen molar-refractivity contribution in [2.75, 3.05) is 6.61 Å². The Morgan fingerprint density at radius 3 is 2.81 bits per heavy atom. The Morgan fingerprint density at radius 1 is 1.24 bits per heavy atom. The van der Waals surface area contributed by atoms with Crippen LogP contribution in [0.3, 0.4) is 0 Å². The lowest BCUT2D eigenvalue weighted by Gasteiger charge is -2.08. The van der Waals surface area contributed by atoms with Crippen molar-refractivity contribution >= 4 is 5.90 Å². The monoisotopic (exact) mass is 283 g/mol. The zero-order valence-corrected chi connectivity index (χ0v) is 12.1. The summed E-state index contributed by atoms with van der Waals surface area (Å²) in [5, 5.41) is 0. The second kappa shape index (κ2) is 5.91. The van der Waals surface area contributed by atoms with Crippen LogP contribution in [0.2, 0.25) is 0 Å². The fourth-order valence-electron chi connectivity index (χ4n) is 2.03. The minimum absolute atomic E-state index is 0.187. The van der Waals surface area contributed by atoms with E-state index in [-0.39, 0.29) is 6.04 Å². The normalized spacial score (nSPS) is 17.5. The molecule has 3 rings (SSSR count). The molecule has 1 unspecified atom stereocenters. The number of hydrogen-bond donors (Lipinski definition) is 0. The van der Waals surface area contributed by atoms with Crippen LogP contribution in [-0.2, 0) is 4.74 Å². The number of pyridine rings is 2. The quantitative estimate of drug-likeness (QED) is 0.865. The smallest absolute Gasteiger partial charge is 0.232 e. The van der Waals surface area contributed by atoms with Crippen LogP contribution in [0.25, 0.3) is 0 Å². The van der Waals surface area contributed by atoms with Gasteiger partial charge in [-0.15, -0.1) is 0 Å². The van der Waals surface area contributed by atoms with Crippen molar-refractivity contribution in [1.82, 2.24) is 9.97 Å². The molecule has 0 fully saturated rings. The third kappa shape index (κ3) is 3.02. The SMILES string of the molecule is CC(C)C1COC(c2cccnc2Oc2cccnc2)=N1. The highest BCUT2D eigenvalue weighted by atomic mass is 16.5. The molecular formula is C16H17N3O2. The Kier molecular flexibility index (Phi) is 3.81. The molecule has 5 nitrogen and oxygen atoms in total. The Morgan fingerprint density at radius 2 is 2.10 bits per heavy atom. The maximum atomic E-state index is 5.78. The number of nitrogens with zero attached hydrogens (tertiary/aromatic N) is 3. The van der Waals surface area contributed by atoms with Gasteiger partial charge in [0.15, 0.2) is 0 Å². The van der Waals surface area contributed by atoms with Crippen molar-refractivity contribution in [2.24, 2.45) is 10.9 Å². The Bertz CT molecular complexity index is 641. The molecule has 2 aromatic heterocycles. The Balaban J connectivity index is 1.88. The van der Waals surface area contributed by atoms with Gasteiger partial charge in [0.2, 0.25) is 11.8 Å². The lowest BCUT2D eigenvalue weighted by atomic mass is 10.1. The van der Waals surface area contributed by atoms with Gasteiger partial charge in [0.25, 0.3) is 0 Å². The molecular weight excluding hydrogens is 266 g/mol. The van der Waals surface area contributed by atoms with E-state index >= 15 is 0 Å². The van der Waals surface area contributed by atoms with E-state index in [1.807, 2.05) is 24.3 Å². The molecule has 3 heterocycles. The zero-order valence-electron chi connectivity index (χ0n) is 12.1. The predicted octanol–water partition coefficient (Wildman–Crippen LogP) is 3.07. The van der Waals surface area contributed by atoms with E-state index in [0.717, 1.165) is 5.56 Å². The van der Waals surface area contributed by atoms with Crippen molar-refractivity contribution in [3.05, 3.63) is 48.4 Å². The zero-order chi connectivity index (χ0) is 14.7. The van der Waals surface area contributed by atoms with Gasteiger partial charge in [-0.1, -0.05) is 13.8 Å². The Labute approximate surface area is 123 Å². The first-order chi connectivity index (χ1) is 10.2. The van der Waals surface area contributed by atoms with Crippen molar-refractivity contribution in [2.45, 2.75) is 19.9 Å². The topological polar surface area (TPSA) is 56.6 Å². The number of ether oxygens (including phenoxy) is 2. The van der Waals surface area contributed by atoms with Crippen molar-refractivity contribution in [1.29, 1.82) is 0 Å². The van der Waals surface area contributed by atoms with Crippen LogP contribution < -0.4 is 4.74 Å². The van der Waals surface area contributed by atoms with Crippen LogP contribution in [0, 0.1) is 5.92 Å². The predicted molar refractivity (Wildman–Crippen MR) is 79.7 cm³/mol. The average molecular weight is 283 g/mol. The summed E-state index contributed by atoms with van der Waals surface area (Å²) in [6.07, 6.45) is 5.03. The highest BCUT2D eigenvalue weighted by molar-refractivity contribution is 5.97. The molecule has 0 N–H and O–H groups in total. The average Bonchev–Trinajstić information content (AvgIpc) is 2.99. The van der Waals surface area contributed by atoms with Crippen LogP contribution in [0.4, 0.5) is 0 Å². The fraction of sp³-hybridized carbons (Fsp3) is 0.312. The van der Waals surface area contributed by atoms with Crippen LogP contribution in [0.5, 0.6) is 11.6 Å². The number of aliphatic imine (C=N–C) groups is 1. The molecule has 0 aliphatic carbocycles. The van der Waals surface area contributed by atoms with Crippen LogP contribution >= 0.6 is 0 Å². The molecule has 5 heteroatoms. The van der Waals surface area contributed by atoms with Gasteiger partial charge in [0, 0.05) is 12.4 Å². The summed E-state index contributed by atoms with van der Waals surface area (Å²) in [6.45, 7) is 4.88. The lowest BCUT2D eigenvalue weighted by Crippen LogP contribution is -2.13. The number of aromatic nitrogens is 2. The van der Waals surface area contributed by atoms with Gasteiger partial charge in [0.1, 0.15) is 12.4 Å². The van der Waals surface area contributed by atoms with Gasteiger partial charge in [-0.3, -0.25) is 4.98 Å². The summed E-state index contributed by atoms with van der Waals surface area (Å²) in [5.41, 5.74) is 0.768. The van der Waals surface area contributed by atoms with Gasteiger partial charge in [0.05, 0.1) is 17.8 Å². The van der Waals surface area contributed by atoms with Gasteiger partial charge >= 0.3 is 0 Å². The molecule has 1 aliphatic heterocycles. The largest absolute Gasteiger partial charge is 0.475 e. The Hall–Kier alpha value is -2.43. The van der Waals surface area contributed by atoms with Gasteiger partial charge in [-0.25, -0.2) is 9.98 Å². The molecule has 0 saturated carbocycles. The van der Waals surface area contributed by atoms with Crippen LogP contribution in [0.15, 0.2) is 47.8 Å². The molecule has 2 aromatic rings. The first-order valence-corrected chi connectivity index (χ1v) is 6.98. The van der Waals surface area contributed by atoms with Gasteiger partial charge in [-0.05, 0) is 30.2 Å². The van der Waals surface area contributed by atoms with E-state index < -0.39 is 0 Å².